The molecule has 1 saturated heterocycles. The lowest BCUT2D eigenvalue weighted by Crippen LogP contribution is -2.37. The van der Waals surface area contributed by atoms with Crippen LogP contribution in [0.2, 0.25) is 5.02 Å². The summed E-state index contributed by atoms with van der Waals surface area (Å²) >= 11 is 5.99. The first-order valence-corrected chi connectivity index (χ1v) is 9.65. The predicted molar refractivity (Wildman–Crippen MR) is 104 cm³/mol. The van der Waals surface area contributed by atoms with Crippen molar-refractivity contribution in [2.45, 2.75) is 30.6 Å². The average molecular weight is 384 g/mol. The maximum absolute atomic E-state index is 13.2. The third kappa shape index (κ3) is 3.34. The van der Waals surface area contributed by atoms with Gasteiger partial charge in [-0.05, 0) is 54.7 Å². The Balaban J connectivity index is 1.49. The number of halogens is 1. The molecule has 1 aliphatic heterocycles. The van der Waals surface area contributed by atoms with E-state index in [1.807, 2.05) is 47.4 Å². The number of carbonyl (C=O) groups is 2. The number of rotatable bonds is 4. The Bertz CT molecular complexity index is 873. The van der Waals surface area contributed by atoms with Crippen molar-refractivity contribution >= 4 is 23.5 Å². The monoisotopic (exact) mass is 383 g/mol. The van der Waals surface area contributed by atoms with Gasteiger partial charge in [0, 0.05) is 24.0 Å². The highest BCUT2D eigenvalue weighted by atomic mass is 35.5. The standard InChI is InChI=1S/C22H22ClNO3/c1-27-20(25)16-4-2-3-15(13-16)17-9-12-24(14-17)21(26)22(10-11-22)18-5-7-19(23)8-6-18/h2-8,13,17H,9-12,14H2,1H3. The zero-order valence-electron chi connectivity index (χ0n) is 15.3. The first-order valence-electron chi connectivity index (χ1n) is 9.27. The zero-order valence-corrected chi connectivity index (χ0v) is 16.0. The van der Waals surface area contributed by atoms with Crippen LogP contribution in [0.25, 0.3) is 0 Å². The number of amides is 1. The van der Waals surface area contributed by atoms with Crippen molar-refractivity contribution in [2.75, 3.05) is 20.2 Å². The molecular weight excluding hydrogens is 362 g/mol. The molecule has 1 atom stereocenters. The highest BCUT2D eigenvalue weighted by molar-refractivity contribution is 6.30. The minimum Gasteiger partial charge on any atom is -0.465 e. The molecule has 27 heavy (non-hydrogen) atoms. The summed E-state index contributed by atoms with van der Waals surface area (Å²) in [6, 6.07) is 15.2. The summed E-state index contributed by atoms with van der Waals surface area (Å²) in [6.45, 7) is 1.44. The molecule has 140 valence electrons. The molecule has 1 unspecified atom stereocenters. The number of benzene rings is 2. The van der Waals surface area contributed by atoms with Crippen LogP contribution in [0.4, 0.5) is 0 Å². The lowest BCUT2D eigenvalue weighted by Gasteiger charge is -2.24. The van der Waals surface area contributed by atoms with Crippen LogP contribution in [0, 0.1) is 0 Å². The zero-order chi connectivity index (χ0) is 19.0. The molecule has 2 fully saturated rings. The van der Waals surface area contributed by atoms with Gasteiger partial charge in [-0.1, -0.05) is 35.9 Å². The van der Waals surface area contributed by atoms with Crippen molar-refractivity contribution in [1.29, 1.82) is 0 Å². The van der Waals surface area contributed by atoms with Crippen molar-refractivity contribution in [1.82, 2.24) is 4.90 Å². The highest BCUT2D eigenvalue weighted by Crippen LogP contribution is 2.50. The van der Waals surface area contributed by atoms with Crippen LogP contribution in [0.5, 0.6) is 0 Å². The number of carbonyl (C=O) groups excluding carboxylic acids is 2. The first kappa shape index (κ1) is 18.1. The van der Waals surface area contributed by atoms with Crippen molar-refractivity contribution in [2.24, 2.45) is 0 Å². The summed E-state index contributed by atoms with van der Waals surface area (Å²) in [7, 11) is 1.39. The van der Waals surface area contributed by atoms with Gasteiger partial charge in [0.1, 0.15) is 0 Å². The molecule has 0 radical (unpaired) electrons. The molecule has 2 aromatic rings. The molecule has 1 saturated carbocycles. The summed E-state index contributed by atoms with van der Waals surface area (Å²) in [5.41, 5.74) is 2.34. The molecule has 0 aromatic heterocycles. The number of likely N-dealkylation sites (tertiary alicyclic amines) is 1. The maximum Gasteiger partial charge on any atom is 0.337 e. The van der Waals surface area contributed by atoms with Crippen molar-refractivity contribution in [3.8, 4) is 0 Å². The summed E-state index contributed by atoms with van der Waals surface area (Å²) in [5.74, 6) is 0.137. The van der Waals surface area contributed by atoms with Crippen molar-refractivity contribution < 1.29 is 14.3 Å². The van der Waals surface area contributed by atoms with Gasteiger partial charge >= 0.3 is 5.97 Å². The van der Waals surface area contributed by atoms with Crippen molar-refractivity contribution in [3.63, 3.8) is 0 Å². The Labute approximate surface area is 164 Å². The highest BCUT2D eigenvalue weighted by Gasteiger charge is 2.53. The smallest absolute Gasteiger partial charge is 0.337 e. The average Bonchev–Trinajstić information content (AvgIpc) is 3.36. The molecule has 5 heteroatoms. The molecule has 4 nitrogen and oxygen atoms in total. The fraction of sp³-hybridized carbons (Fsp3) is 0.364. The van der Waals surface area contributed by atoms with Gasteiger partial charge in [-0.15, -0.1) is 0 Å². The second kappa shape index (κ2) is 7.01. The minimum atomic E-state index is -0.368. The van der Waals surface area contributed by atoms with E-state index in [1.54, 1.807) is 6.07 Å². The van der Waals surface area contributed by atoms with Crippen LogP contribution in [-0.2, 0) is 14.9 Å². The second-order valence-corrected chi connectivity index (χ2v) is 7.88. The first-order chi connectivity index (χ1) is 13.0. The van der Waals surface area contributed by atoms with E-state index >= 15 is 0 Å². The quantitative estimate of drug-likeness (QED) is 0.744. The van der Waals surface area contributed by atoms with E-state index in [2.05, 4.69) is 0 Å². The van der Waals surface area contributed by atoms with Gasteiger partial charge in [0.15, 0.2) is 0 Å². The van der Waals surface area contributed by atoms with E-state index in [0.717, 1.165) is 36.9 Å². The van der Waals surface area contributed by atoms with Gasteiger partial charge in [0.2, 0.25) is 5.91 Å². The topological polar surface area (TPSA) is 46.6 Å². The molecule has 1 heterocycles. The summed E-state index contributed by atoms with van der Waals surface area (Å²) in [5, 5.41) is 0.689. The third-order valence-electron chi connectivity index (χ3n) is 5.81. The van der Waals surface area contributed by atoms with Crippen LogP contribution in [0.1, 0.15) is 46.7 Å². The fourth-order valence-corrected chi connectivity index (χ4v) is 4.20. The van der Waals surface area contributed by atoms with Crippen LogP contribution >= 0.6 is 11.6 Å². The number of ether oxygens (including phenoxy) is 1. The van der Waals surface area contributed by atoms with E-state index in [4.69, 9.17) is 16.3 Å². The van der Waals surface area contributed by atoms with Gasteiger partial charge in [0.05, 0.1) is 18.1 Å². The van der Waals surface area contributed by atoms with Gasteiger partial charge in [-0.25, -0.2) is 4.79 Å². The lowest BCUT2D eigenvalue weighted by atomic mass is 9.94. The summed E-state index contributed by atoms with van der Waals surface area (Å²) in [4.78, 5) is 27.0. The normalized spacial score (nSPS) is 20.4. The van der Waals surface area contributed by atoms with Crippen LogP contribution in [0.15, 0.2) is 48.5 Å². The molecule has 0 N–H and O–H groups in total. The number of methoxy groups -OCH3 is 1. The third-order valence-corrected chi connectivity index (χ3v) is 6.06. The minimum absolute atomic E-state index is 0.219. The van der Waals surface area contributed by atoms with Gasteiger partial charge in [-0.2, -0.15) is 0 Å². The van der Waals surface area contributed by atoms with Gasteiger partial charge in [0.25, 0.3) is 0 Å². The number of nitrogens with zero attached hydrogens (tertiary/aromatic N) is 1. The summed E-state index contributed by atoms with van der Waals surface area (Å²) < 4.78 is 4.81. The predicted octanol–water partition coefficient (Wildman–Crippen LogP) is 4.17. The van der Waals surface area contributed by atoms with Gasteiger partial charge < -0.3 is 9.64 Å². The Hall–Kier alpha value is -2.33. The Morgan fingerprint density at radius 1 is 1.15 bits per heavy atom. The van der Waals surface area contributed by atoms with E-state index in [-0.39, 0.29) is 23.2 Å². The van der Waals surface area contributed by atoms with Crippen LogP contribution in [-0.4, -0.2) is 37.0 Å². The molecule has 0 spiro atoms. The van der Waals surface area contributed by atoms with Crippen molar-refractivity contribution in [3.05, 3.63) is 70.2 Å². The molecule has 1 aliphatic carbocycles. The molecule has 0 bridgehead atoms. The second-order valence-electron chi connectivity index (χ2n) is 7.44. The Morgan fingerprint density at radius 2 is 1.89 bits per heavy atom. The van der Waals surface area contributed by atoms with Crippen LogP contribution < -0.4 is 0 Å². The molecule has 1 amide bonds. The molecule has 2 aliphatic rings. The van der Waals surface area contributed by atoms with E-state index in [1.165, 1.54) is 7.11 Å². The van der Waals surface area contributed by atoms with Crippen LogP contribution in [0.3, 0.4) is 0 Å². The van der Waals surface area contributed by atoms with E-state index in [0.29, 0.717) is 17.1 Å². The summed E-state index contributed by atoms with van der Waals surface area (Å²) in [6.07, 6.45) is 2.70. The van der Waals surface area contributed by atoms with Gasteiger partial charge in [-0.3, -0.25) is 4.79 Å². The number of hydrogen-bond donors (Lipinski definition) is 0. The molecule has 2 aromatic carbocycles. The largest absolute Gasteiger partial charge is 0.465 e. The number of hydrogen-bond acceptors (Lipinski definition) is 3. The molecular formula is C22H22ClNO3. The van der Waals surface area contributed by atoms with E-state index in [9.17, 15) is 9.59 Å². The Morgan fingerprint density at radius 3 is 2.56 bits per heavy atom. The maximum atomic E-state index is 13.2. The fourth-order valence-electron chi connectivity index (χ4n) is 4.08. The molecule has 4 rings (SSSR count). The SMILES string of the molecule is COC(=O)c1cccc(C2CCN(C(=O)C3(c4ccc(Cl)cc4)CC3)C2)c1. The number of esters is 1. The lowest BCUT2D eigenvalue weighted by molar-refractivity contribution is -0.132. The Kier molecular flexibility index (Phi) is 4.68. The van der Waals surface area contributed by atoms with E-state index < -0.39 is 0 Å².